The Morgan fingerprint density at radius 1 is 0.477 bits per heavy atom. The molecule has 5 aromatic rings. The molecule has 0 fully saturated rings. The summed E-state index contributed by atoms with van der Waals surface area (Å²) in [5, 5.41) is 3.94. The van der Waals surface area contributed by atoms with E-state index >= 15 is 0 Å². The van der Waals surface area contributed by atoms with Crippen molar-refractivity contribution in [2.45, 2.75) is 32.7 Å². The Morgan fingerprint density at radius 3 is 1.18 bits per heavy atom. The van der Waals surface area contributed by atoms with E-state index in [-0.39, 0.29) is 64.0 Å². The van der Waals surface area contributed by atoms with E-state index in [2.05, 4.69) is 173 Å². The maximum absolute atomic E-state index is 4.09. The molecule has 6 rings (SSSR count). The largest absolute Gasteiger partial charge is 4.00 e. The van der Waals surface area contributed by atoms with Gasteiger partial charge in [-0.15, -0.1) is 6.92 Å². The average Bonchev–Trinajstić information content (AvgIpc) is 3.22. The van der Waals surface area contributed by atoms with Gasteiger partial charge in [0.15, 0.2) is 0 Å². The van der Waals surface area contributed by atoms with Crippen LogP contribution in [0.1, 0.15) is 27.7 Å². The summed E-state index contributed by atoms with van der Waals surface area (Å²) in [6, 6.07) is 51.5. The zero-order chi connectivity index (χ0) is 27.7. The molecule has 0 N–H and O–H groups in total. The molecule has 0 saturated carbocycles. The van der Waals surface area contributed by atoms with Crippen molar-refractivity contribution in [3.05, 3.63) is 162 Å². The van der Waals surface area contributed by atoms with Gasteiger partial charge in [-0.2, -0.15) is 11.1 Å². The molecular weight excluding hydrogens is 651 g/mol. The third-order valence-corrected chi connectivity index (χ3v) is 14.6. The van der Waals surface area contributed by atoms with Crippen molar-refractivity contribution in [1.29, 1.82) is 0 Å². The minimum Gasteiger partial charge on any atom is -1.00 e. The van der Waals surface area contributed by atoms with Gasteiger partial charge in [-0.3, -0.25) is 6.08 Å². The summed E-state index contributed by atoms with van der Waals surface area (Å²) < 4.78 is 0. The van der Waals surface area contributed by atoms with Crippen LogP contribution >= 0.6 is 0 Å². The van der Waals surface area contributed by atoms with Gasteiger partial charge in [-0.05, 0) is 43.9 Å². The molecule has 0 bridgehead atoms. The number of hydrogen-bond donors (Lipinski definition) is 0. The van der Waals surface area contributed by atoms with Crippen LogP contribution < -0.4 is 52.8 Å². The second-order valence-corrected chi connectivity index (χ2v) is 15.4. The molecule has 0 amide bonds. The summed E-state index contributed by atoms with van der Waals surface area (Å²) in [5.41, 5.74) is 9.04. The van der Waals surface area contributed by atoms with Crippen LogP contribution in [0.15, 0.2) is 156 Å². The Labute approximate surface area is 297 Å². The Morgan fingerprint density at radius 2 is 0.841 bits per heavy atom. The second-order valence-electron chi connectivity index (χ2n) is 11.1. The van der Waals surface area contributed by atoms with Crippen LogP contribution in [0, 0.1) is 6.08 Å². The fourth-order valence-corrected chi connectivity index (χ4v) is 12.8. The SMILES string of the molecule is CC1=[C-]C(C)([Si](c2ccccc2)(c2ccccc2)c2cc(-c3ccccc3)cc(-c3ccccc3)c2)C(C)=C1C.[Cl-].[Cl-].[Cl-].[Ti+4]. The van der Waals surface area contributed by atoms with Crippen molar-refractivity contribution in [3.63, 3.8) is 0 Å². The van der Waals surface area contributed by atoms with Crippen LogP contribution in [-0.4, -0.2) is 8.07 Å². The number of hydrogen-bond acceptors (Lipinski definition) is 0. The Kier molecular flexibility index (Phi) is 13.3. The van der Waals surface area contributed by atoms with Gasteiger partial charge < -0.3 is 37.2 Å². The molecular formula is C39H35Cl3SiTi. The molecule has 0 nitrogen and oxygen atoms in total. The Balaban J connectivity index is 0.00000169. The molecule has 1 aliphatic rings. The van der Waals surface area contributed by atoms with Crippen LogP contribution in [0.25, 0.3) is 22.3 Å². The number of halogens is 3. The number of rotatable bonds is 6. The van der Waals surface area contributed by atoms with Crippen LogP contribution in [-0.2, 0) is 21.7 Å². The van der Waals surface area contributed by atoms with Gasteiger partial charge >= 0.3 is 21.7 Å². The third kappa shape index (κ3) is 6.38. The molecule has 44 heavy (non-hydrogen) atoms. The van der Waals surface area contributed by atoms with Crippen LogP contribution in [0.5, 0.6) is 0 Å². The summed E-state index contributed by atoms with van der Waals surface area (Å²) >= 11 is 0. The molecule has 0 saturated heterocycles. The molecule has 1 aliphatic carbocycles. The maximum Gasteiger partial charge on any atom is 4.00 e. The van der Waals surface area contributed by atoms with Crippen molar-refractivity contribution < 1.29 is 58.9 Å². The van der Waals surface area contributed by atoms with Crippen molar-refractivity contribution in [3.8, 4) is 22.3 Å². The minimum absolute atomic E-state index is 0. The standard InChI is InChI=1S/C39H35Si.3ClH.Ti/c1-29-28-39(4,31(3)30(29)2)40(36-21-13-7-14-22-36,37-23-15-8-16-24-37)38-26-34(32-17-9-5-10-18-32)25-35(27-38)33-19-11-6-12-20-33;;;;/h5-27H,1-4H3;3*1H;/q-1;;;;+4/p-3. The van der Waals surface area contributed by atoms with E-state index in [1.807, 2.05) is 0 Å². The first-order valence-electron chi connectivity index (χ1n) is 14.1. The van der Waals surface area contributed by atoms with Crippen molar-refractivity contribution >= 4 is 23.6 Å². The molecule has 0 aromatic heterocycles. The molecule has 5 aromatic carbocycles. The van der Waals surface area contributed by atoms with E-state index in [4.69, 9.17) is 0 Å². The predicted molar refractivity (Wildman–Crippen MR) is 174 cm³/mol. The third-order valence-electron chi connectivity index (χ3n) is 9.06. The van der Waals surface area contributed by atoms with E-state index < -0.39 is 8.07 Å². The first-order valence-corrected chi connectivity index (χ1v) is 16.1. The van der Waals surface area contributed by atoms with Crippen LogP contribution in [0.3, 0.4) is 0 Å². The summed E-state index contributed by atoms with van der Waals surface area (Å²) in [7, 11) is -2.78. The quantitative estimate of drug-likeness (QED) is 0.127. The summed E-state index contributed by atoms with van der Waals surface area (Å²) in [6.07, 6.45) is 4.09. The Hall–Kier alpha value is -2.62. The minimum atomic E-state index is -2.78. The average molecular weight is 686 g/mol. The van der Waals surface area contributed by atoms with Gasteiger partial charge in [0.1, 0.15) is 8.07 Å². The van der Waals surface area contributed by atoms with Gasteiger partial charge in [0.2, 0.25) is 0 Å². The van der Waals surface area contributed by atoms with E-state index in [9.17, 15) is 0 Å². The Bertz CT molecular complexity index is 1620. The number of benzene rings is 5. The van der Waals surface area contributed by atoms with Crippen molar-refractivity contribution in [1.82, 2.24) is 0 Å². The zero-order valence-electron chi connectivity index (χ0n) is 25.4. The first kappa shape index (κ1) is 37.6. The topological polar surface area (TPSA) is 0 Å². The van der Waals surface area contributed by atoms with Crippen LogP contribution in [0.4, 0.5) is 0 Å². The van der Waals surface area contributed by atoms with Gasteiger partial charge in [0.05, 0.1) is 0 Å². The zero-order valence-corrected chi connectivity index (χ0v) is 30.2. The van der Waals surface area contributed by atoms with Crippen molar-refractivity contribution in [2.75, 3.05) is 0 Å². The second kappa shape index (κ2) is 15.6. The molecule has 1 atom stereocenters. The monoisotopic (exact) mass is 684 g/mol. The van der Waals surface area contributed by atoms with Gasteiger partial charge in [-0.25, -0.2) is 5.57 Å². The van der Waals surface area contributed by atoms with E-state index in [0.29, 0.717) is 0 Å². The molecule has 0 radical (unpaired) electrons. The maximum atomic E-state index is 4.09. The van der Waals surface area contributed by atoms with E-state index in [1.54, 1.807) is 0 Å². The van der Waals surface area contributed by atoms with Gasteiger partial charge in [0, 0.05) is 0 Å². The van der Waals surface area contributed by atoms with Gasteiger partial charge in [0.25, 0.3) is 0 Å². The first-order chi connectivity index (χ1) is 19.4. The predicted octanol–water partition coefficient (Wildman–Crippen LogP) is -0.640. The van der Waals surface area contributed by atoms with E-state index in [1.165, 1.54) is 54.5 Å². The summed E-state index contributed by atoms with van der Waals surface area (Å²) in [6.45, 7) is 9.29. The smallest absolute Gasteiger partial charge is 1.00 e. The molecule has 0 heterocycles. The fourth-order valence-electron chi connectivity index (χ4n) is 6.77. The molecule has 0 aliphatic heterocycles. The summed E-state index contributed by atoms with van der Waals surface area (Å²) in [4.78, 5) is 0. The fraction of sp³-hybridized carbons (Fsp3) is 0.128. The van der Waals surface area contributed by atoms with Crippen LogP contribution in [0.2, 0.25) is 5.04 Å². The summed E-state index contributed by atoms with van der Waals surface area (Å²) in [5.74, 6) is 0. The molecule has 1 unspecified atom stereocenters. The van der Waals surface area contributed by atoms with Crippen molar-refractivity contribution in [2.24, 2.45) is 0 Å². The number of allylic oxidation sites excluding steroid dienone is 4. The normalized spacial score (nSPS) is 15.6. The molecule has 5 heteroatoms. The molecule has 220 valence electrons. The van der Waals surface area contributed by atoms with E-state index in [0.717, 1.165) is 0 Å². The molecule has 0 spiro atoms. The van der Waals surface area contributed by atoms with Gasteiger partial charge in [-0.1, -0.05) is 159 Å².